The molecule has 0 bridgehead atoms. The van der Waals surface area contributed by atoms with E-state index in [0.717, 1.165) is 35.9 Å². The number of benzene rings is 2. The van der Waals surface area contributed by atoms with E-state index in [1.807, 2.05) is 48.5 Å². The number of hydrogen-bond donors (Lipinski definition) is 0. The van der Waals surface area contributed by atoms with Crippen LogP contribution in [0.4, 0.5) is 0 Å². The lowest BCUT2D eigenvalue weighted by Gasteiger charge is -2.19. The first-order valence-electron chi connectivity index (χ1n) is 7.71. The van der Waals surface area contributed by atoms with E-state index < -0.39 is 0 Å². The summed E-state index contributed by atoms with van der Waals surface area (Å²) >= 11 is 6.06. The highest BCUT2D eigenvalue weighted by molar-refractivity contribution is 6.30. The van der Waals surface area contributed by atoms with Gasteiger partial charge >= 0.3 is 0 Å². The fourth-order valence-electron chi connectivity index (χ4n) is 2.50. The Bertz CT molecular complexity index is 755. The quantitative estimate of drug-likeness (QED) is 0.637. The van der Waals surface area contributed by atoms with E-state index in [2.05, 4.69) is 22.9 Å². The van der Waals surface area contributed by atoms with Gasteiger partial charge in [0.25, 0.3) is 0 Å². The first kappa shape index (κ1) is 15.8. The molecule has 3 aromatic rings. The Labute approximate surface area is 141 Å². The maximum Gasteiger partial charge on any atom is 0.226 e. The van der Waals surface area contributed by atoms with Crippen LogP contribution in [0.5, 0.6) is 0 Å². The van der Waals surface area contributed by atoms with Crippen molar-refractivity contribution in [3.63, 3.8) is 0 Å². The SMILES string of the molecule is CCN(Cc1cccc(Cl)c1)Cc1coc(-c2ccccc2)n1. The van der Waals surface area contributed by atoms with Crippen LogP contribution in [0.15, 0.2) is 65.3 Å². The molecule has 0 spiro atoms. The highest BCUT2D eigenvalue weighted by Gasteiger charge is 2.10. The number of nitrogens with zero attached hydrogens (tertiary/aromatic N) is 2. The van der Waals surface area contributed by atoms with Crippen LogP contribution in [0.3, 0.4) is 0 Å². The number of rotatable bonds is 6. The Hall–Kier alpha value is -2.10. The molecule has 0 saturated heterocycles. The third-order valence-corrected chi connectivity index (χ3v) is 3.94. The maximum absolute atomic E-state index is 6.06. The van der Waals surface area contributed by atoms with Gasteiger partial charge in [-0.2, -0.15) is 0 Å². The van der Waals surface area contributed by atoms with Crippen molar-refractivity contribution in [1.82, 2.24) is 9.88 Å². The molecular weight excluding hydrogens is 308 g/mol. The predicted molar refractivity (Wildman–Crippen MR) is 93.2 cm³/mol. The molecule has 3 rings (SSSR count). The van der Waals surface area contributed by atoms with E-state index in [9.17, 15) is 0 Å². The Balaban J connectivity index is 1.69. The molecule has 0 aliphatic heterocycles. The molecule has 0 aliphatic rings. The smallest absolute Gasteiger partial charge is 0.226 e. The maximum atomic E-state index is 6.06. The molecule has 0 fully saturated rings. The standard InChI is InChI=1S/C19H19ClN2O/c1-2-22(12-15-7-6-10-17(20)11-15)13-18-14-23-19(21-18)16-8-4-3-5-9-16/h3-11,14H,2,12-13H2,1H3. The molecule has 2 aromatic carbocycles. The van der Waals surface area contributed by atoms with Crippen LogP contribution in [0, 0.1) is 0 Å². The van der Waals surface area contributed by atoms with Gasteiger partial charge in [-0.05, 0) is 36.4 Å². The number of halogens is 1. The molecule has 118 valence electrons. The summed E-state index contributed by atoms with van der Waals surface area (Å²) in [7, 11) is 0. The number of oxazole rings is 1. The lowest BCUT2D eigenvalue weighted by molar-refractivity contribution is 0.268. The Kier molecular flexibility index (Phi) is 5.11. The van der Waals surface area contributed by atoms with Gasteiger partial charge in [0.2, 0.25) is 5.89 Å². The normalized spacial score (nSPS) is 11.1. The van der Waals surface area contributed by atoms with Gasteiger partial charge in [-0.25, -0.2) is 4.98 Å². The largest absolute Gasteiger partial charge is 0.444 e. The van der Waals surface area contributed by atoms with Crippen LogP contribution >= 0.6 is 11.6 Å². The molecule has 3 nitrogen and oxygen atoms in total. The summed E-state index contributed by atoms with van der Waals surface area (Å²) < 4.78 is 5.61. The van der Waals surface area contributed by atoms with E-state index in [1.165, 1.54) is 5.56 Å². The second kappa shape index (κ2) is 7.44. The van der Waals surface area contributed by atoms with Crippen molar-refractivity contribution >= 4 is 11.6 Å². The highest BCUT2D eigenvalue weighted by atomic mass is 35.5. The average molecular weight is 327 g/mol. The summed E-state index contributed by atoms with van der Waals surface area (Å²) in [6.45, 7) is 4.66. The fraction of sp³-hybridized carbons (Fsp3) is 0.211. The van der Waals surface area contributed by atoms with Crippen LogP contribution < -0.4 is 0 Å². The van der Waals surface area contributed by atoms with Crippen LogP contribution in [-0.2, 0) is 13.1 Å². The van der Waals surface area contributed by atoms with E-state index in [0.29, 0.717) is 5.89 Å². The van der Waals surface area contributed by atoms with Gasteiger partial charge in [-0.15, -0.1) is 0 Å². The third kappa shape index (κ3) is 4.21. The Morgan fingerprint density at radius 2 is 1.87 bits per heavy atom. The average Bonchev–Trinajstić information content (AvgIpc) is 3.04. The van der Waals surface area contributed by atoms with E-state index >= 15 is 0 Å². The molecule has 1 aromatic heterocycles. The van der Waals surface area contributed by atoms with Crippen LogP contribution in [0.25, 0.3) is 11.5 Å². The summed E-state index contributed by atoms with van der Waals surface area (Å²) in [5, 5.41) is 0.770. The monoisotopic (exact) mass is 326 g/mol. The molecule has 0 unspecified atom stereocenters. The van der Waals surface area contributed by atoms with E-state index in [-0.39, 0.29) is 0 Å². The molecule has 0 radical (unpaired) electrons. The topological polar surface area (TPSA) is 29.3 Å². The molecule has 0 N–H and O–H groups in total. The van der Waals surface area contributed by atoms with Crippen LogP contribution in [-0.4, -0.2) is 16.4 Å². The summed E-state index contributed by atoms with van der Waals surface area (Å²) in [5.74, 6) is 0.666. The van der Waals surface area contributed by atoms with Crippen molar-refractivity contribution in [2.75, 3.05) is 6.54 Å². The van der Waals surface area contributed by atoms with Gasteiger partial charge in [-0.1, -0.05) is 48.9 Å². The van der Waals surface area contributed by atoms with Gasteiger partial charge in [0.05, 0.1) is 5.69 Å². The van der Waals surface area contributed by atoms with Gasteiger partial charge in [-0.3, -0.25) is 4.90 Å². The molecule has 0 saturated carbocycles. The zero-order valence-corrected chi connectivity index (χ0v) is 13.8. The van der Waals surface area contributed by atoms with Gasteiger partial charge in [0.1, 0.15) is 6.26 Å². The minimum Gasteiger partial charge on any atom is -0.444 e. The van der Waals surface area contributed by atoms with Crippen molar-refractivity contribution in [3.05, 3.63) is 77.1 Å². The fourth-order valence-corrected chi connectivity index (χ4v) is 2.71. The number of aromatic nitrogens is 1. The Morgan fingerprint density at radius 3 is 2.61 bits per heavy atom. The summed E-state index contributed by atoms with van der Waals surface area (Å²) in [6, 6.07) is 17.9. The van der Waals surface area contributed by atoms with Crippen molar-refractivity contribution in [1.29, 1.82) is 0 Å². The second-order valence-corrected chi connectivity index (χ2v) is 5.88. The molecule has 0 aliphatic carbocycles. The third-order valence-electron chi connectivity index (χ3n) is 3.70. The second-order valence-electron chi connectivity index (χ2n) is 5.44. The van der Waals surface area contributed by atoms with E-state index in [1.54, 1.807) is 6.26 Å². The molecular formula is C19H19ClN2O. The summed E-state index contributed by atoms with van der Waals surface area (Å²) in [5.41, 5.74) is 3.13. The highest BCUT2D eigenvalue weighted by Crippen LogP contribution is 2.19. The van der Waals surface area contributed by atoms with Crippen molar-refractivity contribution < 1.29 is 4.42 Å². The summed E-state index contributed by atoms with van der Waals surface area (Å²) in [6.07, 6.45) is 1.74. The molecule has 4 heteroatoms. The molecule has 0 atom stereocenters. The van der Waals surface area contributed by atoms with Gasteiger partial charge in [0.15, 0.2) is 0 Å². The lowest BCUT2D eigenvalue weighted by Crippen LogP contribution is -2.22. The molecule has 23 heavy (non-hydrogen) atoms. The minimum atomic E-state index is 0.666. The first-order chi connectivity index (χ1) is 11.2. The van der Waals surface area contributed by atoms with Crippen molar-refractivity contribution in [3.8, 4) is 11.5 Å². The first-order valence-corrected chi connectivity index (χ1v) is 8.09. The van der Waals surface area contributed by atoms with Crippen molar-refractivity contribution in [2.24, 2.45) is 0 Å². The van der Waals surface area contributed by atoms with Crippen molar-refractivity contribution in [2.45, 2.75) is 20.0 Å². The zero-order chi connectivity index (χ0) is 16.1. The molecule has 0 amide bonds. The lowest BCUT2D eigenvalue weighted by atomic mass is 10.2. The van der Waals surface area contributed by atoms with Crippen LogP contribution in [0.1, 0.15) is 18.2 Å². The summed E-state index contributed by atoms with van der Waals surface area (Å²) in [4.78, 5) is 6.90. The predicted octanol–water partition coefficient (Wildman–Crippen LogP) is 5.02. The molecule has 1 heterocycles. The number of hydrogen-bond acceptors (Lipinski definition) is 3. The van der Waals surface area contributed by atoms with Gasteiger partial charge < -0.3 is 4.42 Å². The van der Waals surface area contributed by atoms with E-state index in [4.69, 9.17) is 16.0 Å². The van der Waals surface area contributed by atoms with Gasteiger partial charge in [0, 0.05) is 23.7 Å². The zero-order valence-electron chi connectivity index (χ0n) is 13.1. The Morgan fingerprint density at radius 1 is 1.04 bits per heavy atom. The minimum absolute atomic E-state index is 0.666. The van der Waals surface area contributed by atoms with Crippen LogP contribution in [0.2, 0.25) is 5.02 Å².